The van der Waals surface area contributed by atoms with E-state index in [-0.39, 0.29) is 46.7 Å². The van der Waals surface area contributed by atoms with Gasteiger partial charge in [-0.1, -0.05) is 56.9 Å². The Hall–Kier alpha value is -1.84. The number of ketones is 1. The van der Waals surface area contributed by atoms with Gasteiger partial charge in [0.25, 0.3) is 5.91 Å². The van der Waals surface area contributed by atoms with E-state index in [1.165, 1.54) is 22.5 Å². The maximum atomic E-state index is 14.0. The molecule has 4 heteroatoms. The normalized spacial score (nSPS) is 35.9. The molecule has 2 aliphatic carbocycles. The molecule has 0 saturated heterocycles. The number of carbonyl (C=O) groups is 2. The molecule has 1 saturated carbocycles. The van der Waals surface area contributed by atoms with Gasteiger partial charge in [-0.25, -0.2) is 0 Å². The van der Waals surface area contributed by atoms with Crippen LogP contribution < -0.4 is 0 Å². The van der Waals surface area contributed by atoms with Crippen molar-refractivity contribution in [1.82, 2.24) is 4.90 Å². The standard InChI is InChI=1S/C25H37NO3/c1-8-14(4)18-16(6)12-17-11-9-10-15(5)19(17)20(18)23(27)21-24(28)22(13(2)3)26(7)25(21)29/h8,12-13,15,17-20,22,28H,9-11H2,1-7H3/b14-8+. The Morgan fingerprint density at radius 1 is 1.31 bits per heavy atom. The summed E-state index contributed by atoms with van der Waals surface area (Å²) in [5.41, 5.74) is 2.44. The van der Waals surface area contributed by atoms with Crippen LogP contribution in [-0.4, -0.2) is 34.8 Å². The molecular weight excluding hydrogens is 362 g/mol. The van der Waals surface area contributed by atoms with E-state index in [1.807, 2.05) is 20.8 Å². The van der Waals surface area contributed by atoms with Gasteiger partial charge >= 0.3 is 0 Å². The summed E-state index contributed by atoms with van der Waals surface area (Å²) in [5.74, 6) is 0.307. The third kappa shape index (κ3) is 3.49. The first-order valence-corrected chi connectivity index (χ1v) is 11.2. The molecule has 0 aromatic carbocycles. The average Bonchev–Trinajstić information content (AvgIpc) is 2.88. The molecule has 6 unspecified atom stereocenters. The van der Waals surface area contributed by atoms with Crippen LogP contribution in [0.4, 0.5) is 0 Å². The number of Topliss-reactive ketones (excluding diaryl/α,β-unsaturated/α-hetero) is 1. The number of likely N-dealkylation sites (N-methyl/N-ethyl adjacent to an activating group) is 1. The van der Waals surface area contributed by atoms with E-state index in [9.17, 15) is 14.7 Å². The molecule has 3 aliphatic rings. The van der Waals surface area contributed by atoms with Gasteiger partial charge in [0, 0.05) is 18.9 Å². The zero-order valence-electron chi connectivity index (χ0n) is 19.0. The van der Waals surface area contributed by atoms with E-state index in [2.05, 4.69) is 32.9 Å². The Morgan fingerprint density at radius 3 is 2.52 bits per heavy atom. The van der Waals surface area contributed by atoms with Crippen LogP contribution in [0.2, 0.25) is 0 Å². The maximum absolute atomic E-state index is 14.0. The second kappa shape index (κ2) is 8.12. The summed E-state index contributed by atoms with van der Waals surface area (Å²) in [6.07, 6.45) is 7.88. The molecule has 0 bridgehead atoms. The summed E-state index contributed by atoms with van der Waals surface area (Å²) in [6, 6.07) is -0.414. The van der Waals surface area contributed by atoms with E-state index in [0.717, 1.165) is 12.8 Å². The van der Waals surface area contributed by atoms with Crippen molar-refractivity contribution in [2.24, 2.45) is 35.5 Å². The van der Waals surface area contributed by atoms with E-state index in [4.69, 9.17) is 0 Å². The first-order valence-electron chi connectivity index (χ1n) is 11.2. The lowest BCUT2D eigenvalue weighted by Gasteiger charge is -2.47. The molecule has 3 rings (SSSR count). The predicted molar refractivity (Wildman–Crippen MR) is 116 cm³/mol. The van der Waals surface area contributed by atoms with E-state index in [1.54, 1.807) is 7.05 Å². The lowest BCUT2D eigenvalue weighted by molar-refractivity contribution is -0.131. The quantitative estimate of drug-likeness (QED) is 0.530. The Balaban J connectivity index is 2.12. The second-order valence-electron chi connectivity index (χ2n) is 9.83. The topological polar surface area (TPSA) is 57.6 Å². The molecule has 0 spiro atoms. The van der Waals surface area contributed by atoms with Crippen LogP contribution >= 0.6 is 0 Å². The Labute approximate surface area is 175 Å². The van der Waals surface area contributed by atoms with Crippen LogP contribution in [-0.2, 0) is 9.59 Å². The minimum atomic E-state index is -0.414. The predicted octanol–water partition coefficient (Wildman–Crippen LogP) is 5.08. The molecule has 1 heterocycles. The van der Waals surface area contributed by atoms with Gasteiger partial charge in [0.05, 0.1) is 6.04 Å². The molecule has 160 valence electrons. The zero-order valence-corrected chi connectivity index (χ0v) is 19.0. The fourth-order valence-electron chi connectivity index (χ4n) is 6.30. The van der Waals surface area contributed by atoms with Gasteiger partial charge in [-0.05, 0) is 50.9 Å². The van der Waals surface area contributed by atoms with Gasteiger partial charge in [0.15, 0.2) is 5.78 Å². The van der Waals surface area contributed by atoms with Crippen molar-refractivity contribution >= 4 is 11.7 Å². The third-order valence-electron chi connectivity index (χ3n) is 7.70. The highest BCUT2D eigenvalue weighted by atomic mass is 16.3. The van der Waals surface area contributed by atoms with Gasteiger partial charge in [-0.2, -0.15) is 0 Å². The number of rotatable bonds is 4. The van der Waals surface area contributed by atoms with Gasteiger partial charge in [-0.15, -0.1) is 0 Å². The van der Waals surface area contributed by atoms with Crippen LogP contribution in [0.5, 0.6) is 0 Å². The van der Waals surface area contributed by atoms with E-state index in [0.29, 0.717) is 11.8 Å². The Bertz CT molecular complexity index is 788. The van der Waals surface area contributed by atoms with Crippen LogP contribution in [0.1, 0.15) is 60.8 Å². The smallest absolute Gasteiger partial charge is 0.261 e. The molecule has 1 fully saturated rings. The van der Waals surface area contributed by atoms with Gasteiger partial charge in [0.2, 0.25) is 0 Å². The molecule has 1 amide bonds. The average molecular weight is 400 g/mol. The molecule has 0 aromatic rings. The number of hydrogen-bond donors (Lipinski definition) is 1. The number of fused-ring (bicyclic) bond motifs is 1. The molecule has 1 aliphatic heterocycles. The monoisotopic (exact) mass is 399 g/mol. The van der Waals surface area contributed by atoms with Gasteiger partial charge in [-0.3, -0.25) is 9.59 Å². The number of amides is 1. The summed E-state index contributed by atoms with van der Waals surface area (Å²) in [5, 5.41) is 10.9. The minimum absolute atomic E-state index is 0.00538. The van der Waals surface area contributed by atoms with Gasteiger partial charge < -0.3 is 10.0 Å². The fraction of sp³-hybridized carbons (Fsp3) is 0.680. The molecule has 0 radical (unpaired) electrons. The lowest BCUT2D eigenvalue weighted by Crippen LogP contribution is -2.45. The summed E-state index contributed by atoms with van der Waals surface area (Å²) in [7, 11) is 1.69. The molecular formula is C25H37NO3. The molecule has 1 N–H and O–H groups in total. The van der Waals surface area contributed by atoms with Crippen molar-refractivity contribution in [2.45, 2.75) is 66.8 Å². The molecule has 4 nitrogen and oxygen atoms in total. The molecule has 29 heavy (non-hydrogen) atoms. The number of hydrogen-bond acceptors (Lipinski definition) is 3. The SMILES string of the molecule is C/C=C(\C)C1C(C)=CC2CCCC(C)C2C1C(=O)C1=C(O)C(C(C)C)N(C)C1=O. The van der Waals surface area contributed by atoms with Crippen LogP contribution in [0.15, 0.2) is 34.6 Å². The highest BCUT2D eigenvalue weighted by Gasteiger charge is 2.51. The van der Waals surface area contributed by atoms with Crippen molar-refractivity contribution in [3.63, 3.8) is 0 Å². The maximum Gasteiger partial charge on any atom is 0.261 e. The van der Waals surface area contributed by atoms with Gasteiger partial charge in [0.1, 0.15) is 11.3 Å². The first-order chi connectivity index (χ1) is 13.6. The Kier molecular flexibility index (Phi) is 6.12. The summed E-state index contributed by atoms with van der Waals surface area (Å²) < 4.78 is 0. The van der Waals surface area contributed by atoms with E-state index >= 15 is 0 Å². The number of aliphatic hydroxyl groups is 1. The highest BCUT2D eigenvalue weighted by Crippen LogP contribution is 2.51. The van der Waals surface area contributed by atoms with Crippen LogP contribution in [0, 0.1) is 35.5 Å². The highest BCUT2D eigenvalue weighted by molar-refractivity contribution is 6.22. The summed E-state index contributed by atoms with van der Waals surface area (Å²) in [6.45, 7) is 12.4. The van der Waals surface area contributed by atoms with Crippen LogP contribution in [0.3, 0.4) is 0 Å². The fourth-order valence-corrected chi connectivity index (χ4v) is 6.30. The molecule has 0 aromatic heterocycles. The number of nitrogens with zero attached hydrogens (tertiary/aromatic N) is 1. The van der Waals surface area contributed by atoms with Crippen molar-refractivity contribution < 1.29 is 14.7 Å². The third-order valence-corrected chi connectivity index (χ3v) is 7.70. The largest absolute Gasteiger partial charge is 0.509 e. The summed E-state index contributed by atoms with van der Waals surface area (Å²) in [4.78, 5) is 28.6. The lowest BCUT2D eigenvalue weighted by atomic mass is 9.56. The van der Waals surface area contributed by atoms with E-state index < -0.39 is 6.04 Å². The number of aliphatic hydroxyl groups excluding tert-OH is 1. The zero-order chi connectivity index (χ0) is 21.6. The van der Waals surface area contributed by atoms with Crippen molar-refractivity contribution in [2.75, 3.05) is 7.05 Å². The van der Waals surface area contributed by atoms with Crippen molar-refractivity contribution in [3.8, 4) is 0 Å². The van der Waals surface area contributed by atoms with Crippen molar-refractivity contribution in [3.05, 3.63) is 34.6 Å². The second-order valence-corrected chi connectivity index (χ2v) is 9.83. The minimum Gasteiger partial charge on any atom is -0.509 e. The number of carbonyl (C=O) groups excluding carboxylic acids is 2. The number of allylic oxidation sites excluding steroid dienone is 4. The van der Waals surface area contributed by atoms with Crippen LogP contribution in [0.25, 0.3) is 0 Å². The Morgan fingerprint density at radius 2 is 1.97 bits per heavy atom. The summed E-state index contributed by atoms with van der Waals surface area (Å²) >= 11 is 0. The molecule has 6 atom stereocenters. The van der Waals surface area contributed by atoms with Crippen molar-refractivity contribution in [1.29, 1.82) is 0 Å². The first kappa shape index (κ1) is 21.9.